The van der Waals surface area contributed by atoms with Crippen molar-refractivity contribution in [3.8, 4) is 0 Å². The van der Waals surface area contributed by atoms with Crippen molar-refractivity contribution >= 4 is 17.6 Å². The summed E-state index contributed by atoms with van der Waals surface area (Å²) < 4.78 is 14.9. The maximum Gasteiger partial charge on any atom is 0.274 e. The Balaban J connectivity index is 1.27. The van der Waals surface area contributed by atoms with Gasteiger partial charge in [-0.25, -0.2) is 9.37 Å². The molecule has 0 saturated carbocycles. The highest BCUT2D eigenvalue weighted by Gasteiger charge is 2.29. The van der Waals surface area contributed by atoms with E-state index in [1.165, 1.54) is 12.1 Å². The average Bonchev–Trinajstić information content (AvgIpc) is 3.23. The Labute approximate surface area is 191 Å². The molecule has 9 heteroatoms. The Morgan fingerprint density at radius 2 is 1.76 bits per heavy atom. The van der Waals surface area contributed by atoms with Gasteiger partial charge in [-0.1, -0.05) is 18.2 Å². The van der Waals surface area contributed by atoms with E-state index < -0.39 is 0 Å². The van der Waals surface area contributed by atoms with Crippen molar-refractivity contribution in [3.63, 3.8) is 0 Å². The number of carbonyl (C=O) groups excluding carboxylic acids is 2. The van der Waals surface area contributed by atoms with Crippen LogP contribution in [0.5, 0.6) is 0 Å². The minimum atomic E-state index is -0.303. The summed E-state index contributed by atoms with van der Waals surface area (Å²) in [6.07, 6.45) is 2.50. The molecule has 2 aliphatic rings. The zero-order valence-electron chi connectivity index (χ0n) is 18.2. The number of hydrogen-bond acceptors (Lipinski definition) is 5. The number of carbonyl (C=O) groups is 2. The first kappa shape index (κ1) is 21.1. The first-order chi connectivity index (χ1) is 16.1. The van der Waals surface area contributed by atoms with Crippen LogP contribution in [0.15, 0.2) is 54.7 Å². The lowest BCUT2D eigenvalue weighted by Gasteiger charge is -2.35. The Hall–Kier alpha value is -3.75. The van der Waals surface area contributed by atoms with Crippen molar-refractivity contribution in [1.82, 2.24) is 24.6 Å². The van der Waals surface area contributed by atoms with E-state index in [1.807, 2.05) is 18.2 Å². The predicted octanol–water partition coefficient (Wildman–Crippen LogP) is 2.43. The molecule has 2 aliphatic heterocycles. The number of piperazine rings is 1. The third-order valence-corrected chi connectivity index (χ3v) is 6.13. The highest BCUT2D eigenvalue weighted by Crippen LogP contribution is 2.19. The summed E-state index contributed by atoms with van der Waals surface area (Å²) in [6.45, 7) is 4.08. The number of aromatic nitrogens is 3. The van der Waals surface area contributed by atoms with Gasteiger partial charge in [0.2, 0.25) is 0 Å². The summed E-state index contributed by atoms with van der Waals surface area (Å²) >= 11 is 0. The molecule has 2 amide bonds. The van der Waals surface area contributed by atoms with Crippen LogP contribution in [0, 0.1) is 5.82 Å². The molecule has 4 heterocycles. The van der Waals surface area contributed by atoms with Crippen molar-refractivity contribution in [3.05, 3.63) is 77.5 Å². The molecule has 3 aromatic rings. The van der Waals surface area contributed by atoms with E-state index in [0.717, 1.165) is 17.8 Å². The number of rotatable bonds is 4. The van der Waals surface area contributed by atoms with Gasteiger partial charge >= 0.3 is 0 Å². The van der Waals surface area contributed by atoms with Crippen LogP contribution in [0.3, 0.4) is 0 Å². The molecule has 0 atom stereocenters. The van der Waals surface area contributed by atoms with Crippen LogP contribution in [0.25, 0.3) is 0 Å². The Morgan fingerprint density at radius 1 is 0.970 bits per heavy atom. The lowest BCUT2D eigenvalue weighted by atomic mass is 10.2. The van der Waals surface area contributed by atoms with Gasteiger partial charge in [-0.15, -0.1) is 0 Å². The van der Waals surface area contributed by atoms with Crippen LogP contribution in [0.4, 0.5) is 10.2 Å². The molecule has 0 aliphatic carbocycles. The summed E-state index contributed by atoms with van der Waals surface area (Å²) in [7, 11) is 0. The second kappa shape index (κ2) is 9.01. The van der Waals surface area contributed by atoms with Crippen molar-refractivity contribution in [2.75, 3.05) is 37.6 Å². The lowest BCUT2D eigenvalue weighted by molar-refractivity contribution is 0.0738. The molecule has 0 bridgehead atoms. The molecule has 170 valence electrons. The van der Waals surface area contributed by atoms with E-state index in [0.29, 0.717) is 57.2 Å². The maximum atomic E-state index is 13.2. The Morgan fingerprint density at radius 3 is 2.48 bits per heavy atom. The van der Waals surface area contributed by atoms with E-state index in [4.69, 9.17) is 0 Å². The number of pyridine rings is 1. The van der Waals surface area contributed by atoms with E-state index >= 15 is 0 Å². The van der Waals surface area contributed by atoms with E-state index in [2.05, 4.69) is 15.0 Å². The van der Waals surface area contributed by atoms with Crippen molar-refractivity contribution in [2.24, 2.45) is 0 Å². The van der Waals surface area contributed by atoms with Crippen LogP contribution in [-0.4, -0.2) is 69.1 Å². The monoisotopic (exact) mass is 448 g/mol. The van der Waals surface area contributed by atoms with Crippen LogP contribution in [-0.2, 0) is 13.1 Å². The first-order valence-electron chi connectivity index (χ1n) is 11.2. The van der Waals surface area contributed by atoms with Crippen LogP contribution >= 0.6 is 0 Å². The van der Waals surface area contributed by atoms with Gasteiger partial charge in [0.15, 0.2) is 5.69 Å². The fourth-order valence-electron chi connectivity index (χ4n) is 4.34. The Kier molecular flexibility index (Phi) is 5.77. The first-order valence-corrected chi connectivity index (χ1v) is 11.2. The van der Waals surface area contributed by atoms with Gasteiger partial charge in [0.25, 0.3) is 11.8 Å². The van der Waals surface area contributed by atoms with E-state index in [-0.39, 0.29) is 17.6 Å². The molecule has 1 saturated heterocycles. The maximum absolute atomic E-state index is 13.2. The zero-order valence-corrected chi connectivity index (χ0v) is 18.2. The Bertz CT molecular complexity index is 1140. The van der Waals surface area contributed by atoms with E-state index in [9.17, 15) is 14.0 Å². The van der Waals surface area contributed by atoms with Crippen LogP contribution < -0.4 is 4.90 Å². The molecule has 8 nitrogen and oxygen atoms in total. The van der Waals surface area contributed by atoms with Gasteiger partial charge < -0.3 is 14.7 Å². The number of amides is 2. The minimum absolute atomic E-state index is 0.158. The van der Waals surface area contributed by atoms with Gasteiger partial charge in [-0.2, -0.15) is 5.10 Å². The topological polar surface area (TPSA) is 74.6 Å². The molecule has 0 spiro atoms. The fraction of sp³-hybridized carbons (Fsp3) is 0.333. The molecule has 33 heavy (non-hydrogen) atoms. The molecule has 0 unspecified atom stereocenters. The van der Waals surface area contributed by atoms with Crippen molar-refractivity contribution < 1.29 is 14.0 Å². The molecule has 5 rings (SSSR count). The zero-order chi connectivity index (χ0) is 22.8. The highest BCUT2D eigenvalue weighted by atomic mass is 19.1. The van der Waals surface area contributed by atoms with Crippen LogP contribution in [0.1, 0.15) is 33.0 Å². The molecular weight excluding hydrogens is 423 g/mol. The number of nitrogens with zero attached hydrogens (tertiary/aromatic N) is 6. The molecule has 1 aromatic carbocycles. The number of halogens is 1. The summed E-state index contributed by atoms with van der Waals surface area (Å²) in [6, 6.07) is 13.6. The third kappa shape index (κ3) is 4.44. The quantitative estimate of drug-likeness (QED) is 0.613. The average molecular weight is 449 g/mol. The largest absolute Gasteiger partial charge is 0.353 e. The second-order valence-corrected chi connectivity index (χ2v) is 8.31. The smallest absolute Gasteiger partial charge is 0.274 e. The van der Waals surface area contributed by atoms with Crippen LogP contribution in [0.2, 0.25) is 0 Å². The SMILES string of the molecule is O=C(c1cc2n(n1)CCCN(Cc1ccc(F)cc1)C2=O)N1CCN(c2ccccn2)CC1. The summed E-state index contributed by atoms with van der Waals surface area (Å²) in [4.78, 5) is 36.3. The summed E-state index contributed by atoms with van der Waals surface area (Å²) in [5.41, 5.74) is 1.58. The van der Waals surface area contributed by atoms with Crippen molar-refractivity contribution in [2.45, 2.75) is 19.5 Å². The second-order valence-electron chi connectivity index (χ2n) is 8.31. The van der Waals surface area contributed by atoms with Crippen molar-refractivity contribution in [1.29, 1.82) is 0 Å². The summed E-state index contributed by atoms with van der Waals surface area (Å²) in [5.74, 6) is 0.283. The molecule has 1 fully saturated rings. The standard InChI is InChI=1S/C24H25FN6O2/c25-19-7-5-18(6-8-19)17-30-10-3-11-31-21(24(30)33)16-20(27-31)23(32)29-14-12-28(13-15-29)22-4-1-2-9-26-22/h1-2,4-9,16H,3,10-15,17H2. The molecule has 2 aromatic heterocycles. The highest BCUT2D eigenvalue weighted by molar-refractivity contribution is 5.98. The summed E-state index contributed by atoms with van der Waals surface area (Å²) in [5, 5.41) is 4.47. The lowest BCUT2D eigenvalue weighted by Crippen LogP contribution is -2.49. The number of fused-ring (bicyclic) bond motifs is 1. The normalized spacial score (nSPS) is 16.5. The fourth-order valence-corrected chi connectivity index (χ4v) is 4.34. The van der Waals surface area contributed by atoms with Gasteiger partial charge in [0, 0.05) is 58.1 Å². The van der Waals surface area contributed by atoms with Gasteiger partial charge in [0.05, 0.1) is 0 Å². The third-order valence-electron chi connectivity index (χ3n) is 6.13. The number of hydrogen-bond donors (Lipinski definition) is 0. The van der Waals surface area contributed by atoms with Gasteiger partial charge in [-0.3, -0.25) is 14.3 Å². The molecule has 0 radical (unpaired) electrons. The van der Waals surface area contributed by atoms with E-state index in [1.54, 1.807) is 38.9 Å². The molecule has 0 N–H and O–H groups in total. The number of benzene rings is 1. The van der Waals surface area contributed by atoms with Gasteiger partial charge in [0.1, 0.15) is 17.3 Å². The molecular formula is C24H25FN6O2. The number of aryl methyl sites for hydroxylation is 1. The number of anilines is 1. The predicted molar refractivity (Wildman–Crippen MR) is 120 cm³/mol. The minimum Gasteiger partial charge on any atom is -0.353 e. The van der Waals surface area contributed by atoms with Gasteiger partial charge in [-0.05, 0) is 36.2 Å².